The second-order valence-corrected chi connectivity index (χ2v) is 6.84. The molecular weight excluding hydrogens is 235 g/mol. The van der Waals surface area contributed by atoms with Crippen LogP contribution in [0.25, 0.3) is 0 Å². The molecular formula is C16H23BO2. The van der Waals surface area contributed by atoms with Crippen molar-refractivity contribution in [3.05, 3.63) is 29.8 Å². The van der Waals surface area contributed by atoms with Crippen LogP contribution >= 0.6 is 0 Å². The van der Waals surface area contributed by atoms with Gasteiger partial charge >= 0.3 is 7.12 Å². The average molecular weight is 258 g/mol. The topological polar surface area (TPSA) is 18.5 Å². The highest BCUT2D eigenvalue weighted by atomic mass is 16.6. The molecule has 0 amide bonds. The Bertz CT molecular complexity index is 413. The van der Waals surface area contributed by atoms with Gasteiger partial charge in [-0.3, -0.25) is 0 Å². The molecule has 1 aromatic rings. The minimum absolute atomic E-state index is 0.140. The first kappa shape index (κ1) is 13.2. The van der Waals surface area contributed by atoms with Crippen LogP contribution in [-0.4, -0.2) is 20.3 Å². The molecule has 1 aromatic carbocycles. The van der Waals surface area contributed by atoms with E-state index in [4.69, 9.17) is 9.31 Å². The van der Waals surface area contributed by atoms with E-state index < -0.39 is 0 Å². The summed E-state index contributed by atoms with van der Waals surface area (Å²) in [7, 11) is -0.175. The molecule has 0 spiro atoms. The van der Waals surface area contributed by atoms with Crippen LogP contribution in [0.1, 0.15) is 38.7 Å². The lowest BCUT2D eigenvalue weighted by Gasteiger charge is -2.33. The van der Waals surface area contributed by atoms with Gasteiger partial charge in [-0.2, -0.15) is 0 Å². The molecule has 0 bridgehead atoms. The number of hydrogen-bond donors (Lipinski definition) is 0. The van der Waals surface area contributed by atoms with Crippen LogP contribution in [0.3, 0.4) is 0 Å². The van der Waals surface area contributed by atoms with Crippen LogP contribution in [0.5, 0.6) is 0 Å². The van der Waals surface area contributed by atoms with Gasteiger partial charge in [0.05, 0.1) is 0 Å². The molecule has 19 heavy (non-hydrogen) atoms. The number of aryl methyl sites for hydroxylation is 1. The average Bonchev–Trinajstić information content (AvgIpc) is 3.21. The molecule has 3 rings (SSSR count). The second-order valence-electron chi connectivity index (χ2n) is 6.84. The van der Waals surface area contributed by atoms with Crippen LogP contribution in [0.4, 0.5) is 0 Å². The van der Waals surface area contributed by atoms with Crippen molar-refractivity contribution < 1.29 is 9.31 Å². The van der Waals surface area contributed by atoms with Gasteiger partial charge in [0.2, 0.25) is 0 Å². The van der Waals surface area contributed by atoms with Crippen LogP contribution in [0, 0.1) is 11.3 Å². The first-order valence-corrected chi connectivity index (χ1v) is 7.44. The Morgan fingerprint density at radius 3 is 2.32 bits per heavy atom. The van der Waals surface area contributed by atoms with E-state index in [2.05, 4.69) is 38.1 Å². The Morgan fingerprint density at radius 2 is 1.74 bits per heavy atom. The highest BCUT2D eigenvalue weighted by Gasteiger charge is 2.33. The van der Waals surface area contributed by atoms with Crippen LogP contribution < -0.4 is 5.46 Å². The molecule has 1 aliphatic heterocycles. The lowest BCUT2D eigenvalue weighted by Crippen LogP contribution is -2.47. The van der Waals surface area contributed by atoms with Crippen molar-refractivity contribution in [1.29, 1.82) is 0 Å². The standard InChI is InChI=1S/C16H23BO2/c1-16(2)11-18-17(19-12-16)15-9-7-14(8-10-15)6-5-13-3-4-13/h7-10,13H,3-6,11-12H2,1-2H3. The van der Waals surface area contributed by atoms with Crippen LogP contribution in [-0.2, 0) is 15.7 Å². The Kier molecular flexibility index (Phi) is 3.68. The van der Waals surface area contributed by atoms with E-state index in [0.29, 0.717) is 0 Å². The Balaban J connectivity index is 1.56. The molecule has 1 heterocycles. The molecule has 2 aliphatic rings. The van der Waals surface area contributed by atoms with Crippen molar-refractivity contribution >= 4 is 12.6 Å². The van der Waals surface area contributed by atoms with Crippen molar-refractivity contribution in [2.24, 2.45) is 11.3 Å². The summed E-state index contributed by atoms with van der Waals surface area (Å²) in [5, 5.41) is 0. The lowest BCUT2D eigenvalue weighted by molar-refractivity contribution is 0.0343. The smallest absolute Gasteiger partial charge is 0.407 e. The van der Waals surface area contributed by atoms with Gasteiger partial charge in [-0.1, -0.05) is 51.0 Å². The minimum atomic E-state index is -0.175. The minimum Gasteiger partial charge on any atom is -0.407 e. The van der Waals surface area contributed by atoms with Crippen LogP contribution in [0.15, 0.2) is 24.3 Å². The zero-order valence-electron chi connectivity index (χ0n) is 12.0. The second kappa shape index (κ2) is 5.30. The fraction of sp³-hybridized carbons (Fsp3) is 0.625. The Labute approximate surface area is 116 Å². The van der Waals surface area contributed by atoms with Gasteiger partial charge in [-0.05, 0) is 29.8 Å². The zero-order chi connectivity index (χ0) is 13.3. The Morgan fingerprint density at radius 1 is 1.11 bits per heavy atom. The summed E-state index contributed by atoms with van der Waals surface area (Å²) in [5.41, 5.74) is 2.72. The number of hydrogen-bond acceptors (Lipinski definition) is 2. The Hall–Kier alpha value is -0.795. The summed E-state index contributed by atoms with van der Waals surface area (Å²) in [6.45, 7) is 5.87. The molecule has 102 valence electrons. The van der Waals surface area contributed by atoms with Crippen LogP contribution in [0.2, 0.25) is 0 Å². The molecule has 1 saturated carbocycles. The molecule has 1 aliphatic carbocycles. The fourth-order valence-corrected chi connectivity index (χ4v) is 2.50. The van der Waals surface area contributed by atoms with Crippen molar-refractivity contribution in [2.75, 3.05) is 13.2 Å². The van der Waals surface area contributed by atoms with Gasteiger partial charge in [-0.15, -0.1) is 0 Å². The van der Waals surface area contributed by atoms with Crippen molar-refractivity contribution in [3.63, 3.8) is 0 Å². The van der Waals surface area contributed by atoms with E-state index in [1.807, 2.05) is 0 Å². The fourth-order valence-electron chi connectivity index (χ4n) is 2.50. The number of rotatable bonds is 4. The molecule has 1 saturated heterocycles. The highest BCUT2D eigenvalue weighted by molar-refractivity contribution is 6.61. The van der Waals surface area contributed by atoms with E-state index in [-0.39, 0.29) is 12.5 Å². The molecule has 0 N–H and O–H groups in total. The third kappa shape index (κ3) is 3.61. The first-order chi connectivity index (χ1) is 9.12. The molecule has 0 unspecified atom stereocenters. The van der Waals surface area contributed by atoms with Gasteiger partial charge in [0, 0.05) is 18.6 Å². The highest BCUT2D eigenvalue weighted by Crippen LogP contribution is 2.33. The van der Waals surface area contributed by atoms with E-state index in [1.54, 1.807) is 0 Å². The quantitative estimate of drug-likeness (QED) is 0.773. The molecule has 2 nitrogen and oxygen atoms in total. The van der Waals surface area contributed by atoms with E-state index in [1.165, 1.54) is 31.2 Å². The predicted octanol–water partition coefficient (Wildman–Crippen LogP) is 2.80. The largest absolute Gasteiger partial charge is 0.493 e. The maximum Gasteiger partial charge on any atom is 0.493 e. The van der Waals surface area contributed by atoms with Crippen molar-refractivity contribution in [1.82, 2.24) is 0 Å². The summed E-state index contributed by atoms with van der Waals surface area (Å²) >= 11 is 0. The van der Waals surface area contributed by atoms with Gasteiger partial charge in [0.1, 0.15) is 0 Å². The van der Waals surface area contributed by atoms with E-state index in [9.17, 15) is 0 Å². The molecule has 3 heteroatoms. The molecule has 0 aromatic heterocycles. The maximum atomic E-state index is 5.81. The molecule has 2 fully saturated rings. The maximum absolute atomic E-state index is 5.81. The number of benzene rings is 1. The summed E-state index contributed by atoms with van der Waals surface area (Å²) in [5.74, 6) is 1.01. The van der Waals surface area contributed by atoms with Gasteiger partial charge < -0.3 is 9.31 Å². The normalized spacial score (nSPS) is 22.5. The van der Waals surface area contributed by atoms with E-state index in [0.717, 1.165) is 24.6 Å². The summed E-state index contributed by atoms with van der Waals surface area (Å²) < 4.78 is 11.6. The summed E-state index contributed by atoms with van der Waals surface area (Å²) in [6.07, 6.45) is 5.45. The summed E-state index contributed by atoms with van der Waals surface area (Å²) in [6, 6.07) is 8.77. The van der Waals surface area contributed by atoms with Crippen molar-refractivity contribution in [2.45, 2.75) is 39.5 Å². The molecule has 0 radical (unpaired) electrons. The van der Waals surface area contributed by atoms with E-state index >= 15 is 0 Å². The van der Waals surface area contributed by atoms with Crippen molar-refractivity contribution in [3.8, 4) is 0 Å². The third-order valence-electron chi connectivity index (χ3n) is 4.04. The van der Waals surface area contributed by atoms with Gasteiger partial charge in [-0.25, -0.2) is 0 Å². The van der Waals surface area contributed by atoms with Gasteiger partial charge in [0.15, 0.2) is 0 Å². The van der Waals surface area contributed by atoms with Gasteiger partial charge in [0.25, 0.3) is 0 Å². The predicted molar refractivity (Wildman–Crippen MR) is 78.6 cm³/mol. The first-order valence-electron chi connectivity index (χ1n) is 7.44. The lowest BCUT2D eigenvalue weighted by atomic mass is 9.75. The zero-order valence-corrected chi connectivity index (χ0v) is 12.0. The third-order valence-corrected chi connectivity index (χ3v) is 4.04. The summed E-state index contributed by atoms with van der Waals surface area (Å²) in [4.78, 5) is 0. The monoisotopic (exact) mass is 258 g/mol. The SMILES string of the molecule is CC1(C)COB(c2ccc(CCC3CC3)cc2)OC1. The molecule has 0 atom stereocenters.